The van der Waals surface area contributed by atoms with Gasteiger partial charge in [-0.2, -0.15) is 0 Å². The molecule has 8 rings (SSSR count). The summed E-state index contributed by atoms with van der Waals surface area (Å²) >= 11 is 0. The molecule has 0 heterocycles. The van der Waals surface area contributed by atoms with Crippen LogP contribution in [0, 0.1) is 0 Å². The molecule has 1 atom stereocenters. The van der Waals surface area contributed by atoms with E-state index in [2.05, 4.69) is 79.7 Å². The zero-order valence-corrected chi connectivity index (χ0v) is 19.0. The summed E-state index contributed by atoms with van der Waals surface area (Å²) < 4.78 is 0. The van der Waals surface area contributed by atoms with E-state index in [0.717, 1.165) is 59.2 Å². The molecule has 4 bridgehead atoms. The van der Waals surface area contributed by atoms with Gasteiger partial charge < -0.3 is 5.11 Å². The Kier molecular flexibility index (Phi) is 6.08. The first-order valence-electron chi connectivity index (χ1n) is 11.8. The largest absolute Gasteiger partial charge is 0.507 e. The summed E-state index contributed by atoms with van der Waals surface area (Å²) in [5.41, 5.74) is 8.70. The molecule has 0 aromatic heterocycles. The molecule has 0 saturated carbocycles. The molecule has 2 nitrogen and oxygen atoms in total. The molecule has 2 heteroatoms. The fourth-order valence-electron chi connectivity index (χ4n) is 4.66. The highest BCUT2D eigenvalue weighted by molar-refractivity contribution is 6.15. The van der Waals surface area contributed by atoms with Crippen molar-refractivity contribution in [2.24, 2.45) is 4.99 Å². The molecule has 0 aliphatic heterocycles. The molecular weight excluding hydrogens is 402 g/mol. The lowest BCUT2D eigenvalue weighted by Crippen LogP contribution is -2.12. The van der Waals surface area contributed by atoms with Crippen LogP contribution in [-0.2, 0) is 25.7 Å². The molecular formula is C31H29NO. The van der Waals surface area contributed by atoms with Gasteiger partial charge in [0.1, 0.15) is 5.75 Å². The maximum atomic E-state index is 11.6. The molecule has 0 radical (unpaired) electrons. The van der Waals surface area contributed by atoms with Crippen LogP contribution in [0.1, 0.15) is 51.9 Å². The Bertz CT molecular complexity index is 1260. The van der Waals surface area contributed by atoms with Gasteiger partial charge in [-0.3, -0.25) is 4.99 Å². The van der Waals surface area contributed by atoms with E-state index in [-0.39, 0.29) is 6.04 Å². The second kappa shape index (κ2) is 9.46. The van der Waals surface area contributed by atoms with Crippen LogP contribution in [0.25, 0.3) is 0 Å². The number of phenols is 1. The fourth-order valence-corrected chi connectivity index (χ4v) is 4.66. The Morgan fingerprint density at radius 3 is 1.85 bits per heavy atom. The van der Waals surface area contributed by atoms with E-state index in [9.17, 15) is 5.11 Å². The highest BCUT2D eigenvalue weighted by atomic mass is 16.3. The van der Waals surface area contributed by atoms with Crippen molar-refractivity contribution in [1.29, 1.82) is 0 Å². The molecule has 4 aliphatic rings. The van der Waals surface area contributed by atoms with E-state index < -0.39 is 0 Å². The number of nitrogens with zero attached hydrogens (tertiary/aromatic N) is 1. The zero-order chi connectivity index (χ0) is 22.6. The van der Waals surface area contributed by atoms with Crippen LogP contribution in [-0.4, -0.2) is 10.8 Å². The minimum absolute atomic E-state index is 0.0250. The number of aromatic hydroxyl groups is 1. The van der Waals surface area contributed by atoms with Crippen molar-refractivity contribution in [3.8, 4) is 5.75 Å². The van der Waals surface area contributed by atoms with Crippen molar-refractivity contribution in [2.75, 3.05) is 0 Å². The minimum Gasteiger partial charge on any atom is -0.507 e. The Balaban J connectivity index is 1.67. The lowest BCUT2D eigenvalue weighted by atomic mass is 9.88. The van der Waals surface area contributed by atoms with Gasteiger partial charge >= 0.3 is 0 Å². The van der Waals surface area contributed by atoms with Gasteiger partial charge in [0.2, 0.25) is 0 Å². The maximum absolute atomic E-state index is 11.6. The number of phenolic OH excluding ortho intramolecular Hbond substituents is 1. The van der Waals surface area contributed by atoms with Crippen molar-refractivity contribution >= 4 is 5.71 Å². The topological polar surface area (TPSA) is 32.6 Å². The summed E-state index contributed by atoms with van der Waals surface area (Å²) in [7, 11) is 0. The van der Waals surface area contributed by atoms with E-state index in [0.29, 0.717) is 5.75 Å². The fraction of sp³-hybridized carbons (Fsp3) is 0.194. The van der Waals surface area contributed by atoms with E-state index in [1.807, 2.05) is 24.3 Å². The Hall–Kier alpha value is -3.65. The van der Waals surface area contributed by atoms with Crippen molar-refractivity contribution in [3.63, 3.8) is 0 Å². The van der Waals surface area contributed by atoms with Gasteiger partial charge in [0.05, 0.1) is 11.8 Å². The summed E-state index contributed by atoms with van der Waals surface area (Å²) in [6, 6.07) is 33.9. The van der Waals surface area contributed by atoms with Crippen molar-refractivity contribution < 1.29 is 5.11 Å². The van der Waals surface area contributed by atoms with Gasteiger partial charge in [-0.25, -0.2) is 0 Å². The molecule has 4 aliphatic carbocycles. The monoisotopic (exact) mass is 431 g/mol. The normalized spacial score (nSPS) is 14.5. The van der Waals surface area contributed by atoms with Gasteiger partial charge in [-0.15, -0.1) is 0 Å². The SMILES string of the molecule is CC(N=C(c1ccccc1)c1c2ccc(c1O)CCc1ccc(cc1)CC2)c1ccccc1. The van der Waals surface area contributed by atoms with Crippen LogP contribution in [0.5, 0.6) is 5.75 Å². The number of hydrogen-bond donors (Lipinski definition) is 1. The number of aliphatic imine (C=N–C) groups is 1. The first-order chi connectivity index (χ1) is 16.2. The van der Waals surface area contributed by atoms with Crippen LogP contribution in [0.2, 0.25) is 0 Å². The summed E-state index contributed by atoms with van der Waals surface area (Å²) in [5.74, 6) is 0.380. The highest BCUT2D eigenvalue weighted by Gasteiger charge is 2.21. The molecule has 0 spiro atoms. The number of aryl methyl sites for hydroxylation is 4. The predicted octanol–water partition coefficient (Wildman–Crippen LogP) is 6.87. The Labute approximate surface area is 196 Å². The molecule has 33 heavy (non-hydrogen) atoms. The van der Waals surface area contributed by atoms with Gasteiger partial charge in [0.25, 0.3) is 0 Å². The Morgan fingerprint density at radius 1 is 0.667 bits per heavy atom. The molecule has 4 aromatic carbocycles. The van der Waals surface area contributed by atoms with Gasteiger partial charge in [0.15, 0.2) is 0 Å². The number of benzene rings is 4. The summed E-state index contributed by atoms with van der Waals surface area (Å²) in [6.45, 7) is 2.12. The zero-order valence-electron chi connectivity index (χ0n) is 19.0. The maximum Gasteiger partial charge on any atom is 0.128 e. The van der Waals surface area contributed by atoms with Crippen LogP contribution in [0.15, 0.2) is 102 Å². The second-order valence-electron chi connectivity index (χ2n) is 8.85. The minimum atomic E-state index is -0.0250. The number of hydrogen-bond acceptors (Lipinski definition) is 2. The van der Waals surface area contributed by atoms with Gasteiger partial charge in [-0.1, -0.05) is 97.1 Å². The van der Waals surface area contributed by atoms with Gasteiger partial charge in [-0.05, 0) is 60.4 Å². The first-order valence-corrected chi connectivity index (χ1v) is 11.8. The smallest absolute Gasteiger partial charge is 0.128 e. The van der Waals surface area contributed by atoms with Crippen molar-refractivity contribution in [3.05, 3.63) is 136 Å². The van der Waals surface area contributed by atoms with Crippen molar-refractivity contribution in [2.45, 2.75) is 38.6 Å². The van der Waals surface area contributed by atoms with Crippen molar-refractivity contribution in [1.82, 2.24) is 0 Å². The Morgan fingerprint density at radius 2 is 1.21 bits per heavy atom. The van der Waals surface area contributed by atoms with Crippen LogP contribution < -0.4 is 0 Å². The van der Waals surface area contributed by atoms with E-state index in [4.69, 9.17) is 4.99 Å². The third-order valence-electron chi connectivity index (χ3n) is 6.63. The average Bonchev–Trinajstić information content (AvgIpc) is 2.86. The molecule has 0 saturated heterocycles. The molecule has 1 N–H and O–H groups in total. The van der Waals surface area contributed by atoms with Crippen LogP contribution in [0.4, 0.5) is 0 Å². The predicted molar refractivity (Wildman–Crippen MR) is 136 cm³/mol. The third kappa shape index (κ3) is 4.61. The first kappa shape index (κ1) is 21.2. The molecule has 0 amide bonds. The number of rotatable bonds is 4. The van der Waals surface area contributed by atoms with E-state index in [1.54, 1.807) is 0 Å². The molecule has 164 valence electrons. The standard InChI is InChI=1S/C31H29NO/c1-22(25-8-4-2-5-9-25)32-30(27-10-6-3-7-11-27)29-26-18-16-23-12-14-24(15-13-23)17-19-28(21-20-26)31(29)33/h2-15,20-22,33H,16-19H2,1H3. The molecule has 1 unspecified atom stereocenters. The lowest BCUT2D eigenvalue weighted by Gasteiger charge is -2.20. The lowest BCUT2D eigenvalue weighted by molar-refractivity contribution is 0.465. The summed E-state index contributed by atoms with van der Waals surface area (Å²) in [4.78, 5) is 5.22. The van der Waals surface area contributed by atoms with Crippen LogP contribution >= 0.6 is 0 Å². The summed E-state index contributed by atoms with van der Waals surface area (Å²) in [6.07, 6.45) is 3.50. The third-order valence-corrected chi connectivity index (χ3v) is 6.63. The van der Waals surface area contributed by atoms with E-state index in [1.165, 1.54) is 11.1 Å². The highest BCUT2D eigenvalue weighted by Crippen LogP contribution is 2.33. The van der Waals surface area contributed by atoms with Gasteiger partial charge in [0, 0.05) is 11.1 Å². The quantitative estimate of drug-likeness (QED) is 0.351. The second-order valence-corrected chi connectivity index (χ2v) is 8.85. The summed E-state index contributed by atoms with van der Waals surface area (Å²) in [5, 5.41) is 11.6. The molecule has 0 fully saturated rings. The van der Waals surface area contributed by atoms with Crippen LogP contribution in [0.3, 0.4) is 0 Å². The van der Waals surface area contributed by atoms with E-state index >= 15 is 0 Å². The average molecular weight is 432 g/mol. The molecule has 4 aromatic rings.